The first kappa shape index (κ1) is 18.4. The summed E-state index contributed by atoms with van der Waals surface area (Å²) in [5, 5.41) is 18.5. The third-order valence-electron chi connectivity index (χ3n) is 4.06. The van der Waals surface area contributed by atoms with Crippen molar-refractivity contribution in [3.05, 3.63) is 54.4 Å². The molecular formula is C19H23N7O. The van der Waals surface area contributed by atoms with Crippen LogP contribution in [0.2, 0.25) is 0 Å². The van der Waals surface area contributed by atoms with E-state index in [1.165, 1.54) is 0 Å². The van der Waals surface area contributed by atoms with Gasteiger partial charge in [-0.1, -0.05) is 30.3 Å². The van der Waals surface area contributed by atoms with E-state index in [-0.39, 0.29) is 5.91 Å². The molecule has 0 saturated carbocycles. The lowest BCUT2D eigenvalue weighted by Gasteiger charge is -2.13. The highest BCUT2D eigenvalue weighted by Crippen LogP contribution is 2.18. The second-order valence-corrected chi connectivity index (χ2v) is 6.28. The van der Waals surface area contributed by atoms with Crippen molar-refractivity contribution in [3.63, 3.8) is 0 Å². The summed E-state index contributed by atoms with van der Waals surface area (Å²) in [6, 6.07) is 13.5. The van der Waals surface area contributed by atoms with Crippen LogP contribution in [0.3, 0.4) is 0 Å². The lowest BCUT2D eigenvalue weighted by Crippen LogP contribution is -2.30. The molecule has 1 amide bonds. The minimum Gasteiger partial charge on any atom is -0.376 e. The Balaban J connectivity index is 1.54. The topological polar surface area (TPSA) is 88.0 Å². The van der Waals surface area contributed by atoms with Gasteiger partial charge in [-0.2, -0.15) is 10.2 Å². The van der Waals surface area contributed by atoms with Gasteiger partial charge in [0.15, 0.2) is 5.82 Å². The van der Waals surface area contributed by atoms with Gasteiger partial charge in [-0.05, 0) is 6.07 Å². The summed E-state index contributed by atoms with van der Waals surface area (Å²) in [4.78, 5) is 14.4. The van der Waals surface area contributed by atoms with E-state index >= 15 is 0 Å². The maximum atomic E-state index is 12.4. The number of nitrogens with one attached hydrogen (secondary N) is 2. The van der Waals surface area contributed by atoms with E-state index in [1.54, 1.807) is 24.0 Å². The summed E-state index contributed by atoms with van der Waals surface area (Å²) < 4.78 is 1.59. The standard InChI is InChI=1S/C19H23N7O/c1-25(2)15-11-18(23-22-13-15)20-9-10-21-19(27)17-12-16(24-26(17)3)14-7-5-4-6-8-14/h4-8,11-13H,9-10H2,1-3H3,(H,20,23)(H,21,27). The highest BCUT2D eigenvalue weighted by Gasteiger charge is 2.13. The number of amides is 1. The predicted molar refractivity (Wildman–Crippen MR) is 106 cm³/mol. The molecule has 3 rings (SSSR count). The number of anilines is 2. The molecule has 2 heterocycles. The molecule has 0 spiro atoms. The van der Waals surface area contributed by atoms with Crippen molar-refractivity contribution in [1.29, 1.82) is 0 Å². The van der Waals surface area contributed by atoms with Crippen LogP contribution < -0.4 is 15.5 Å². The molecule has 1 aromatic carbocycles. The summed E-state index contributed by atoms with van der Waals surface area (Å²) in [5.74, 6) is 0.504. The van der Waals surface area contributed by atoms with Crippen molar-refractivity contribution in [2.75, 3.05) is 37.4 Å². The van der Waals surface area contributed by atoms with Crippen molar-refractivity contribution >= 4 is 17.4 Å². The van der Waals surface area contributed by atoms with Gasteiger partial charge in [0.05, 0.1) is 17.6 Å². The lowest BCUT2D eigenvalue weighted by molar-refractivity contribution is 0.0946. The largest absolute Gasteiger partial charge is 0.376 e. The van der Waals surface area contributed by atoms with Crippen LogP contribution in [0.15, 0.2) is 48.7 Å². The van der Waals surface area contributed by atoms with Crippen LogP contribution in [0.1, 0.15) is 10.5 Å². The number of hydrogen-bond donors (Lipinski definition) is 2. The van der Waals surface area contributed by atoms with Crippen molar-refractivity contribution in [2.45, 2.75) is 0 Å². The molecule has 0 fully saturated rings. The molecule has 0 aliphatic rings. The molecule has 2 N–H and O–H groups in total. The van der Waals surface area contributed by atoms with Crippen molar-refractivity contribution < 1.29 is 4.79 Å². The Morgan fingerprint density at radius 2 is 1.93 bits per heavy atom. The van der Waals surface area contributed by atoms with Crippen LogP contribution in [0.5, 0.6) is 0 Å². The summed E-state index contributed by atoms with van der Waals surface area (Å²) in [6.45, 7) is 0.999. The summed E-state index contributed by atoms with van der Waals surface area (Å²) in [7, 11) is 5.65. The first-order valence-corrected chi connectivity index (χ1v) is 8.66. The molecule has 8 heteroatoms. The SMILES string of the molecule is CN(C)c1cnnc(NCCNC(=O)c2cc(-c3ccccc3)nn2C)c1. The van der Waals surface area contributed by atoms with Crippen LogP contribution in [0.4, 0.5) is 11.5 Å². The van der Waals surface area contributed by atoms with Crippen LogP contribution in [0.25, 0.3) is 11.3 Å². The highest BCUT2D eigenvalue weighted by molar-refractivity contribution is 5.93. The molecule has 0 radical (unpaired) electrons. The average Bonchev–Trinajstić information content (AvgIpc) is 3.08. The number of aromatic nitrogens is 4. The smallest absolute Gasteiger partial charge is 0.269 e. The Morgan fingerprint density at radius 3 is 2.67 bits per heavy atom. The van der Waals surface area contributed by atoms with Gasteiger partial charge in [0, 0.05) is 45.9 Å². The number of carbonyl (C=O) groups is 1. The van der Waals surface area contributed by atoms with E-state index in [9.17, 15) is 4.79 Å². The van der Waals surface area contributed by atoms with Gasteiger partial charge in [0.1, 0.15) is 5.69 Å². The lowest BCUT2D eigenvalue weighted by atomic mass is 10.1. The molecule has 2 aromatic heterocycles. The zero-order valence-corrected chi connectivity index (χ0v) is 15.7. The molecule has 0 saturated heterocycles. The Morgan fingerprint density at radius 1 is 1.15 bits per heavy atom. The molecule has 27 heavy (non-hydrogen) atoms. The average molecular weight is 365 g/mol. The van der Waals surface area contributed by atoms with Gasteiger partial charge in [-0.15, -0.1) is 5.10 Å². The fourth-order valence-corrected chi connectivity index (χ4v) is 2.57. The van der Waals surface area contributed by atoms with E-state index in [0.717, 1.165) is 16.9 Å². The molecule has 3 aromatic rings. The normalized spacial score (nSPS) is 10.5. The maximum absolute atomic E-state index is 12.4. The molecule has 0 unspecified atom stereocenters. The maximum Gasteiger partial charge on any atom is 0.269 e. The van der Waals surface area contributed by atoms with E-state index in [4.69, 9.17) is 0 Å². The first-order valence-electron chi connectivity index (χ1n) is 8.66. The minimum atomic E-state index is -0.165. The Hall–Kier alpha value is -3.42. The zero-order chi connectivity index (χ0) is 19.2. The number of hydrogen-bond acceptors (Lipinski definition) is 6. The summed E-state index contributed by atoms with van der Waals surface area (Å²) in [5.41, 5.74) is 3.23. The monoisotopic (exact) mass is 365 g/mol. The molecule has 8 nitrogen and oxygen atoms in total. The van der Waals surface area contributed by atoms with Gasteiger partial charge < -0.3 is 15.5 Å². The number of nitrogens with zero attached hydrogens (tertiary/aromatic N) is 5. The molecule has 140 valence electrons. The Labute approximate surface area is 158 Å². The van der Waals surface area contributed by atoms with Crippen molar-refractivity contribution in [1.82, 2.24) is 25.3 Å². The second-order valence-electron chi connectivity index (χ2n) is 6.28. The van der Waals surface area contributed by atoms with E-state index in [2.05, 4.69) is 25.9 Å². The third kappa shape index (κ3) is 4.60. The van der Waals surface area contributed by atoms with Crippen molar-refractivity contribution in [3.8, 4) is 11.3 Å². The zero-order valence-electron chi connectivity index (χ0n) is 15.7. The van der Waals surface area contributed by atoms with E-state index in [1.807, 2.05) is 55.4 Å². The number of rotatable bonds is 7. The fraction of sp³-hybridized carbons (Fsp3) is 0.263. The molecular weight excluding hydrogens is 342 g/mol. The van der Waals surface area contributed by atoms with Gasteiger partial charge in [-0.25, -0.2) is 0 Å². The van der Waals surface area contributed by atoms with Gasteiger partial charge >= 0.3 is 0 Å². The number of benzene rings is 1. The minimum absolute atomic E-state index is 0.165. The van der Waals surface area contributed by atoms with Gasteiger partial charge in [-0.3, -0.25) is 9.48 Å². The van der Waals surface area contributed by atoms with Crippen molar-refractivity contribution in [2.24, 2.45) is 7.05 Å². The van der Waals surface area contributed by atoms with Crippen LogP contribution in [-0.2, 0) is 7.05 Å². The first-order chi connectivity index (χ1) is 13.0. The summed E-state index contributed by atoms with van der Waals surface area (Å²) in [6.07, 6.45) is 1.69. The van der Waals surface area contributed by atoms with Crippen LogP contribution >= 0.6 is 0 Å². The number of aryl methyl sites for hydroxylation is 1. The van der Waals surface area contributed by atoms with Gasteiger partial charge in [0.25, 0.3) is 5.91 Å². The summed E-state index contributed by atoms with van der Waals surface area (Å²) >= 11 is 0. The van der Waals surface area contributed by atoms with Gasteiger partial charge in [0.2, 0.25) is 0 Å². The predicted octanol–water partition coefficient (Wildman–Crippen LogP) is 1.78. The van der Waals surface area contributed by atoms with E-state index < -0.39 is 0 Å². The molecule has 0 atom stereocenters. The molecule has 0 aliphatic heterocycles. The number of carbonyl (C=O) groups excluding carboxylic acids is 1. The third-order valence-corrected chi connectivity index (χ3v) is 4.06. The second kappa shape index (κ2) is 8.31. The van der Waals surface area contributed by atoms with Crippen LogP contribution in [0, 0.1) is 0 Å². The Bertz CT molecular complexity index is 905. The van der Waals surface area contributed by atoms with Crippen LogP contribution in [-0.4, -0.2) is 53.1 Å². The molecule has 0 bridgehead atoms. The van der Waals surface area contributed by atoms with E-state index in [0.29, 0.717) is 24.6 Å². The highest BCUT2D eigenvalue weighted by atomic mass is 16.2. The fourth-order valence-electron chi connectivity index (χ4n) is 2.57. The quantitative estimate of drug-likeness (QED) is 0.621. The Kier molecular flexibility index (Phi) is 5.65. The molecule has 0 aliphatic carbocycles.